The van der Waals surface area contributed by atoms with Crippen LogP contribution in [0.2, 0.25) is 0 Å². The van der Waals surface area contributed by atoms with Crippen LogP contribution in [0.4, 0.5) is 0 Å². The van der Waals surface area contributed by atoms with Gasteiger partial charge >= 0.3 is 0 Å². The van der Waals surface area contributed by atoms with Gasteiger partial charge in [-0.1, -0.05) is 86.6 Å². The van der Waals surface area contributed by atoms with Crippen LogP contribution in [0.1, 0.15) is 42.0 Å². The maximum atomic E-state index is 14.0. The minimum atomic E-state index is -0.215. The lowest BCUT2D eigenvalue weighted by Crippen LogP contribution is -2.20. The summed E-state index contributed by atoms with van der Waals surface area (Å²) in [5.74, 6) is 1.54. The van der Waals surface area contributed by atoms with Gasteiger partial charge < -0.3 is 9.30 Å². The highest BCUT2D eigenvalue weighted by Crippen LogP contribution is 2.34. The van der Waals surface area contributed by atoms with Crippen LogP contribution in [0.25, 0.3) is 44.0 Å². The Bertz CT molecular complexity index is 2300. The molecule has 6 nitrogen and oxygen atoms in total. The van der Waals surface area contributed by atoms with Crippen molar-refractivity contribution in [2.75, 3.05) is 7.11 Å². The zero-order valence-corrected chi connectivity index (χ0v) is 25.9. The van der Waals surface area contributed by atoms with E-state index in [2.05, 4.69) is 91.3 Å². The van der Waals surface area contributed by atoms with Gasteiger partial charge in [0, 0.05) is 34.8 Å². The summed E-state index contributed by atoms with van der Waals surface area (Å²) in [5.41, 5.74) is 6.53. The Balaban J connectivity index is 1.39. The number of nitrogens with zero attached hydrogens (tertiary/aromatic N) is 4. The highest BCUT2D eigenvalue weighted by molar-refractivity contribution is 5.99. The van der Waals surface area contributed by atoms with E-state index in [0.29, 0.717) is 23.3 Å². The van der Waals surface area contributed by atoms with Crippen molar-refractivity contribution in [1.29, 1.82) is 0 Å². The predicted molar refractivity (Wildman–Crippen MR) is 185 cm³/mol. The molecule has 2 heterocycles. The molecular formula is C39H34N4O2. The van der Waals surface area contributed by atoms with E-state index >= 15 is 0 Å². The van der Waals surface area contributed by atoms with Gasteiger partial charge in [-0.3, -0.25) is 4.79 Å². The number of benzene rings is 5. The predicted octanol–water partition coefficient (Wildman–Crippen LogP) is 8.54. The van der Waals surface area contributed by atoms with Crippen molar-refractivity contribution in [2.45, 2.75) is 33.2 Å². The Morgan fingerprint density at radius 2 is 1.58 bits per heavy atom. The van der Waals surface area contributed by atoms with Gasteiger partial charge in [0.05, 0.1) is 24.2 Å². The van der Waals surface area contributed by atoms with E-state index in [1.54, 1.807) is 19.4 Å². The number of ether oxygens (including phenoxy) is 1. The SMILES string of the molecule is COc1cc(C)c(-c2nc3ccccc3c(=O)n2N=Cc2cn(Cc3cccc4ccccc34)c3ccccc23)cc1C(C)C. The molecule has 222 valence electrons. The number of methoxy groups -OCH3 is 1. The fraction of sp³-hybridized carbons (Fsp3) is 0.154. The van der Waals surface area contributed by atoms with Crippen molar-refractivity contribution in [3.05, 3.63) is 142 Å². The van der Waals surface area contributed by atoms with Crippen LogP contribution in [0.3, 0.4) is 0 Å². The van der Waals surface area contributed by atoms with Crippen LogP contribution >= 0.6 is 0 Å². The van der Waals surface area contributed by atoms with Crippen LogP contribution in [-0.4, -0.2) is 27.6 Å². The highest BCUT2D eigenvalue weighted by atomic mass is 16.5. The summed E-state index contributed by atoms with van der Waals surface area (Å²) in [6, 6.07) is 34.7. The standard InChI is InChI=1S/C39H34N4O2/c1-25(2)33-21-34(26(3)20-37(33)45-4)38-41-35-18-9-7-17-32(35)39(44)43(38)40-22-29-24-42(36-19-10-8-16-31(29)36)23-28-14-11-13-27-12-5-6-15-30(27)28/h5-22,24-25H,23H2,1-4H3. The van der Waals surface area contributed by atoms with Gasteiger partial charge in [-0.25, -0.2) is 4.98 Å². The Hall–Kier alpha value is -5.49. The molecule has 0 atom stereocenters. The first kappa shape index (κ1) is 28.3. The zero-order valence-electron chi connectivity index (χ0n) is 25.9. The summed E-state index contributed by atoms with van der Waals surface area (Å²) in [7, 11) is 1.69. The average molecular weight is 591 g/mol. The highest BCUT2D eigenvalue weighted by Gasteiger charge is 2.19. The third-order valence-corrected chi connectivity index (χ3v) is 8.55. The molecule has 5 aromatic carbocycles. The Labute approximate surface area is 261 Å². The largest absolute Gasteiger partial charge is 0.496 e. The minimum Gasteiger partial charge on any atom is -0.496 e. The summed E-state index contributed by atoms with van der Waals surface area (Å²) in [4.78, 5) is 19.0. The number of para-hydroxylation sites is 2. The second kappa shape index (κ2) is 11.5. The Kier molecular flexibility index (Phi) is 7.26. The van der Waals surface area contributed by atoms with Gasteiger partial charge in [0.25, 0.3) is 5.56 Å². The van der Waals surface area contributed by atoms with Gasteiger partial charge in [-0.15, -0.1) is 0 Å². The lowest BCUT2D eigenvalue weighted by molar-refractivity contribution is 0.407. The second-order valence-electron chi connectivity index (χ2n) is 11.7. The summed E-state index contributed by atoms with van der Waals surface area (Å²) >= 11 is 0. The summed E-state index contributed by atoms with van der Waals surface area (Å²) < 4.78 is 9.39. The van der Waals surface area contributed by atoms with Crippen molar-refractivity contribution >= 4 is 38.8 Å². The number of rotatable bonds is 7. The molecule has 0 saturated heterocycles. The molecule has 0 bridgehead atoms. The van der Waals surface area contributed by atoms with Crippen LogP contribution in [0.15, 0.2) is 119 Å². The van der Waals surface area contributed by atoms with Crippen LogP contribution in [0, 0.1) is 6.92 Å². The van der Waals surface area contributed by atoms with E-state index in [0.717, 1.165) is 38.9 Å². The minimum absolute atomic E-state index is 0.215. The molecule has 0 amide bonds. The van der Waals surface area contributed by atoms with E-state index in [4.69, 9.17) is 14.8 Å². The van der Waals surface area contributed by atoms with Crippen molar-refractivity contribution in [2.24, 2.45) is 5.10 Å². The second-order valence-corrected chi connectivity index (χ2v) is 11.7. The smallest absolute Gasteiger partial charge is 0.282 e. The maximum absolute atomic E-state index is 14.0. The van der Waals surface area contributed by atoms with Gasteiger partial charge in [-0.05, 0) is 70.6 Å². The summed E-state index contributed by atoms with van der Waals surface area (Å²) in [5, 5.41) is 8.89. The average Bonchev–Trinajstić information content (AvgIpc) is 3.41. The molecule has 0 aliphatic heterocycles. The topological polar surface area (TPSA) is 61.4 Å². The van der Waals surface area contributed by atoms with Crippen molar-refractivity contribution < 1.29 is 4.74 Å². The van der Waals surface area contributed by atoms with Crippen LogP contribution in [0.5, 0.6) is 5.75 Å². The normalized spacial score (nSPS) is 11.8. The van der Waals surface area contributed by atoms with Gasteiger partial charge in [0.2, 0.25) is 0 Å². The number of hydrogen-bond donors (Lipinski definition) is 0. The fourth-order valence-electron chi connectivity index (χ4n) is 6.21. The molecule has 7 rings (SSSR count). The molecule has 2 aromatic heterocycles. The van der Waals surface area contributed by atoms with E-state index in [9.17, 15) is 4.79 Å². The molecule has 0 unspecified atom stereocenters. The molecule has 0 radical (unpaired) electrons. The summed E-state index contributed by atoms with van der Waals surface area (Å²) in [6.07, 6.45) is 3.90. The van der Waals surface area contributed by atoms with Gasteiger partial charge in [-0.2, -0.15) is 9.78 Å². The molecule has 7 aromatic rings. The van der Waals surface area contributed by atoms with Crippen LogP contribution < -0.4 is 10.3 Å². The molecule has 0 N–H and O–H groups in total. The van der Waals surface area contributed by atoms with E-state index in [1.165, 1.54) is 21.0 Å². The molecule has 0 spiro atoms. The number of fused-ring (bicyclic) bond motifs is 3. The van der Waals surface area contributed by atoms with Gasteiger partial charge in [0.15, 0.2) is 5.82 Å². The number of aromatic nitrogens is 3. The Morgan fingerprint density at radius 1 is 0.867 bits per heavy atom. The monoisotopic (exact) mass is 590 g/mol. The van der Waals surface area contributed by atoms with E-state index < -0.39 is 0 Å². The fourth-order valence-corrected chi connectivity index (χ4v) is 6.21. The molecule has 0 saturated carbocycles. The molecule has 0 fully saturated rings. The number of aryl methyl sites for hydroxylation is 1. The molecule has 6 heteroatoms. The van der Waals surface area contributed by atoms with Crippen molar-refractivity contribution in [1.82, 2.24) is 14.2 Å². The molecule has 45 heavy (non-hydrogen) atoms. The van der Waals surface area contributed by atoms with Crippen molar-refractivity contribution in [3.63, 3.8) is 0 Å². The molecule has 0 aliphatic rings. The third kappa shape index (κ3) is 5.08. The number of hydrogen-bond acceptors (Lipinski definition) is 4. The molecular weight excluding hydrogens is 556 g/mol. The first-order valence-corrected chi connectivity index (χ1v) is 15.2. The molecule has 0 aliphatic carbocycles. The Morgan fingerprint density at radius 3 is 2.38 bits per heavy atom. The van der Waals surface area contributed by atoms with Crippen molar-refractivity contribution in [3.8, 4) is 17.1 Å². The first-order chi connectivity index (χ1) is 21.9. The van der Waals surface area contributed by atoms with E-state index in [1.807, 2.05) is 37.3 Å². The first-order valence-electron chi connectivity index (χ1n) is 15.2. The quantitative estimate of drug-likeness (QED) is 0.175. The van der Waals surface area contributed by atoms with Crippen LogP contribution in [-0.2, 0) is 6.54 Å². The lowest BCUT2D eigenvalue weighted by Gasteiger charge is -2.17. The van der Waals surface area contributed by atoms with Gasteiger partial charge in [0.1, 0.15) is 5.75 Å². The zero-order chi connectivity index (χ0) is 31.1. The van der Waals surface area contributed by atoms with E-state index in [-0.39, 0.29) is 11.5 Å². The lowest BCUT2D eigenvalue weighted by atomic mass is 9.96. The summed E-state index contributed by atoms with van der Waals surface area (Å²) in [6.45, 7) is 6.98. The third-order valence-electron chi connectivity index (χ3n) is 8.55. The maximum Gasteiger partial charge on any atom is 0.282 e.